The normalized spacial score (nSPS) is 11.8. The highest BCUT2D eigenvalue weighted by atomic mass is 15.3. The summed E-state index contributed by atoms with van der Waals surface area (Å²) >= 11 is 0. The smallest absolute Gasteiger partial charge is 0.182 e. The van der Waals surface area contributed by atoms with Crippen LogP contribution < -0.4 is 5.73 Å². The van der Waals surface area contributed by atoms with E-state index in [0.29, 0.717) is 11.7 Å². The zero-order valence-corrected chi connectivity index (χ0v) is 10.1. The predicted molar refractivity (Wildman–Crippen MR) is 65.1 cm³/mol. The third-order valence-corrected chi connectivity index (χ3v) is 2.57. The van der Waals surface area contributed by atoms with Gasteiger partial charge in [-0.15, -0.1) is 0 Å². The first-order valence-corrected chi connectivity index (χ1v) is 5.82. The average Bonchev–Trinajstić information content (AvgIpc) is 2.71. The van der Waals surface area contributed by atoms with E-state index < -0.39 is 0 Å². The lowest BCUT2D eigenvalue weighted by Crippen LogP contribution is -2.07. The van der Waals surface area contributed by atoms with Crippen molar-refractivity contribution in [3.8, 4) is 0 Å². The van der Waals surface area contributed by atoms with Crippen molar-refractivity contribution in [2.45, 2.75) is 40.2 Å². The first kappa shape index (κ1) is 11.0. The van der Waals surface area contributed by atoms with Gasteiger partial charge in [0, 0.05) is 6.54 Å². The Labute approximate surface area is 95.0 Å². The van der Waals surface area contributed by atoms with E-state index in [9.17, 15) is 0 Å². The van der Waals surface area contributed by atoms with Crippen molar-refractivity contribution in [3.05, 3.63) is 5.69 Å². The highest BCUT2D eigenvalue weighted by Crippen LogP contribution is 2.23. The maximum Gasteiger partial charge on any atom is 0.182 e. The molecule has 0 aliphatic carbocycles. The first-order chi connectivity index (χ1) is 7.63. The number of nitrogens with one attached hydrogen (secondary N) is 1. The van der Waals surface area contributed by atoms with Gasteiger partial charge < -0.3 is 5.73 Å². The molecule has 0 aliphatic rings. The van der Waals surface area contributed by atoms with Crippen LogP contribution in [0, 0.1) is 5.92 Å². The fourth-order valence-electron chi connectivity index (χ4n) is 1.94. The van der Waals surface area contributed by atoms with Gasteiger partial charge in [0.15, 0.2) is 5.65 Å². The number of hydrogen-bond donors (Lipinski definition) is 2. The van der Waals surface area contributed by atoms with Gasteiger partial charge in [0.2, 0.25) is 0 Å². The Balaban J connectivity index is 2.50. The van der Waals surface area contributed by atoms with E-state index in [4.69, 9.17) is 5.73 Å². The zero-order valence-electron chi connectivity index (χ0n) is 10.1. The summed E-state index contributed by atoms with van der Waals surface area (Å²) in [6, 6.07) is 0. The molecule has 2 aromatic rings. The van der Waals surface area contributed by atoms with Gasteiger partial charge in [-0.25, -0.2) is 4.68 Å². The van der Waals surface area contributed by atoms with Crippen LogP contribution in [0.5, 0.6) is 0 Å². The van der Waals surface area contributed by atoms with Crippen LogP contribution in [0.25, 0.3) is 11.0 Å². The monoisotopic (exact) mass is 221 g/mol. The van der Waals surface area contributed by atoms with E-state index in [2.05, 4.69) is 36.1 Å². The summed E-state index contributed by atoms with van der Waals surface area (Å²) in [5.41, 5.74) is 7.82. The van der Waals surface area contributed by atoms with Gasteiger partial charge >= 0.3 is 0 Å². The van der Waals surface area contributed by atoms with Crippen LogP contribution >= 0.6 is 0 Å². The van der Waals surface area contributed by atoms with Crippen LogP contribution in [0.4, 0.5) is 5.82 Å². The van der Waals surface area contributed by atoms with Gasteiger partial charge in [0.05, 0.1) is 11.1 Å². The summed E-state index contributed by atoms with van der Waals surface area (Å²) in [6.45, 7) is 7.36. The van der Waals surface area contributed by atoms with Crippen molar-refractivity contribution in [2.75, 3.05) is 5.73 Å². The minimum absolute atomic E-state index is 0.551. The summed E-state index contributed by atoms with van der Waals surface area (Å²) in [5, 5.41) is 12.7. The fourth-order valence-corrected chi connectivity index (χ4v) is 1.94. The number of H-pyrrole nitrogens is 1. The number of fused-ring (bicyclic) bond motifs is 1. The van der Waals surface area contributed by atoms with Gasteiger partial charge in [-0.2, -0.15) is 10.2 Å². The molecule has 0 amide bonds. The van der Waals surface area contributed by atoms with Crippen molar-refractivity contribution in [1.82, 2.24) is 20.0 Å². The van der Waals surface area contributed by atoms with E-state index in [-0.39, 0.29) is 0 Å². The molecule has 3 N–H and O–H groups in total. The predicted octanol–water partition coefficient (Wildman–Crippen LogP) is 1.95. The molecule has 0 fully saturated rings. The Bertz CT molecular complexity index is 480. The maximum atomic E-state index is 5.88. The van der Waals surface area contributed by atoms with Crippen LogP contribution in [0.1, 0.15) is 32.9 Å². The molecule has 2 heterocycles. The Morgan fingerprint density at radius 3 is 2.81 bits per heavy atom. The number of nitrogens with two attached hydrogens (primary N) is 1. The number of anilines is 1. The lowest BCUT2D eigenvalue weighted by atomic mass is 10.2. The highest BCUT2D eigenvalue weighted by molar-refractivity contribution is 5.88. The largest absolute Gasteiger partial charge is 0.383 e. The molecule has 0 saturated heterocycles. The number of nitrogens with zero attached hydrogens (tertiary/aromatic N) is 3. The quantitative estimate of drug-likeness (QED) is 0.828. The molecule has 0 aromatic carbocycles. The first-order valence-electron chi connectivity index (χ1n) is 5.82. The van der Waals surface area contributed by atoms with Gasteiger partial charge in [-0.3, -0.25) is 5.10 Å². The van der Waals surface area contributed by atoms with E-state index in [0.717, 1.165) is 36.1 Å². The van der Waals surface area contributed by atoms with Crippen molar-refractivity contribution >= 4 is 16.9 Å². The van der Waals surface area contributed by atoms with E-state index in [1.165, 1.54) is 0 Å². The van der Waals surface area contributed by atoms with E-state index in [1.807, 2.05) is 4.68 Å². The summed E-state index contributed by atoms with van der Waals surface area (Å²) < 4.78 is 1.96. The zero-order chi connectivity index (χ0) is 11.7. The summed E-state index contributed by atoms with van der Waals surface area (Å²) in [6.07, 6.45) is 2.02. The highest BCUT2D eigenvalue weighted by Gasteiger charge is 2.16. The SMILES string of the molecule is CCCc1nn(CC(C)C)c2n[nH]c(N)c12. The number of aromatic amines is 1. The van der Waals surface area contributed by atoms with Crippen molar-refractivity contribution in [1.29, 1.82) is 0 Å². The molecule has 16 heavy (non-hydrogen) atoms. The molecule has 88 valence electrons. The molecule has 0 bridgehead atoms. The number of rotatable bonds is 4. The molecule has 5 nitrogen and oxygen atoms in total. The molecule has 2 rings (SSSR count). The Morgan fingerprint density at radius 1 is 1.44 bits per heavy atom. The third kappa shape index (κ3) is 1.77. The van der Waals surface area contributed by atoms with Crippen molar-refractivity contribution in [2.24, 2.45) is 5.92 Å². The van der Waals surface area contributed by atoms with E-state index >= 15 is 0 Å². The molecule has 0 atom stereocenters. The number of nitrogen functional groups attached to an aromatic ring is 1. The second-order valence-electron chi connectivity index (χ2n) is 4.61. The summed E-state index contributed by atoms with van der Waals surface area (Å²) in [7, 11) is 0. The molecule has 2 aromatic heterocycles. The maximum absolute atomic E-state index is 5.88. The lowest BCUT2D eigenvalue weighted by Gasteiger charge is -2.04. The number of aromatic nitrogens is 4. The molecule has 0 unspecified atom stereocenters. The second kappa shape index (κ2) is 4.15. The molecule has 0 saturated carbocycles. The fraction of sp³-hybridized carbons (Fsp3) is 0.636. The molecular formula is C11H19N5. The lowest BCUT2D eigenvalue weighted by molar-refractivity contribution is 0.487. The van der Waals surface area contributed by atoms with Crippen LogP contribution in [0.15, 0.2) is 0 Å². The Morgan fingerprint density at radius 2 is 2.19 bits per heavy atom. The molecule has 0 radical (unpaired) electrons. The minimum Gasteiger partial charge on any atom is -0.383 e. The van der Waals surface area contributed by atoms with Gasteiger partial charge in [-0.05, 0) is 12.3 Å². The van der Waals surface area contributed by atoms with Crippen molar-refractivity contribution in [3.63, 3.8) is 0 Å². The number of aryl methyl sites for hydroxylation is 1. The molecule has 5 heteroatoms. The van der Waals surface area contributed by atoms with Crippen LogP contribution in [0.3, 0.4) is 0 Å². The molecule has 0 aliphatic heterocycles. The van der Waals surface area contributed by atoms with Gasteiger partial charge in [0.25, 0.3) is 0 Å². The van der Waals surface area contributed by atoms with E-state index in [1.54, 1.807) is 0 Å². The third-order valence-electron chi connectivity index (χ3n) is 2.57. The summed E-state index contributed by atoms with van der Waals surface area (Å²) in [4.78, 5) is 0. The Kier molecular flexibility index (Phi) is 2.85. The average molecular weight is 221 g/mol. The minimum atomic E-state index is 0.551. The van der Waals surface area contributed by atoms with Crippen LogP contribution in [0.2, 0.25) is 0 Å². The Hall–Kier alpha value is -1.52. The second-order valence-corrected chi connectivity index (χ2v) is 4.61. The summed E-state index contributed by atoms with van der Waals surface area (Å²) in [5.74, 6) is 1.18. The van der Waals surface area contributed by atoms with Crippen LogP contribution in [-0.4, -0.2) is 20.0 Å². The topological polar surface area (TPSA) is 72.5 Å². The standard InChI is InChI=1S/C11H19N5/c1-4-5-8-9-10(12)13-14-11(9)16(15-8)6-7(2)3/h7H,4-6H2,1-3H3,(H3,12,13,14). The molecular weight excluding hydrogens is 202 g/mol. The van der Waals surface area contributed by atoms with Gasteiger partial charge in [0.1, 0.15) is 5.82 Å². The van der Waals surface area contributed by atoms with Gasteiger partial charge in [-0.1, -0.05) is 27.2 Å². The molecule has 0 spiro atoms. The van der Waals surface area contributed by atoms with Crippen LogP contribution in [-0.2, 0) is 13.0 Å². The van der Waals surface area contributed by atoms with Crippen molar-refractivity contribution < 1.29 is 0 Å². The number of hydrogen-bond acceptors (Lipinski definition) is 3.